The first kappa shape index (κ1) is 24.3. The molecule has 1 saturated heterocycles. The highest BCUT2D eigenvalue weighted by molar-refractivity contribution is 5.68. The average molecular weight is 482 g/mol. The van der Waals surface area contributed by atoms with Crippen LogP contribution in [-0.4, -0.2) is 53.6 Å². The zero-order valence-corrected chi connectivity index (χ0v) is 20.8. The zero-order valence-electron chi connectivity index (χ0n) is 20.8. The lowest BCUT2D eigenvalue weighted by Crippen LogP contribution is -2.35. The Kier molecular flexibility index (Phi) is 8.45. The van der Waals surface area contributed by atoms with Crippen LogP contribution in [0.4, 0.5) is 0 Å². The summed E-state index contributed by atoms with van der Waals surface area (Å²) in [6.07, 6.45) is 3.80. The van der Waals surface area contributed by atoms with Gasteiger partial charge in [0.15, 0.2) is 0 Å². The van der Waals surface area contributed by atoms with E-state index in [-0.39, 0.29) is 6.10 Å². The molecule has 0 radical (unpaired) electrons. The fourth-order valence-corrected chi connectivity index (χ4v) is 4.73. The summed E-state index contributed by atoms with van der Waals surface area (Å²) in [5.74, 6) is 0.857. The highest BCUT2D eigenvalue weighted by Crippen LogP contribution is 2.27. The van der Waals surface area contributed by atoms with Gasteiger partial charge in [0.05, 0.1) is 24.5 Å². The minimum Gasteiger partial charge on any atom is -0.491 e. The molecule has 0 amide bonds. The van der Waals surface area contributed by atoms with E-state index in [0.717, 1.165) is 34.8 Å². The maximum atomic E-state index is 6.45. The van der Waals surface area contributed by atoms with Gasteiger partial charge in [0.2, 0.25) is 0 Å². The first-order valence-corrected chi connectivity index (χ1v) is 13.1. The van der Waals surface area contributed by atoms with E-state index in [1.54, 1.807) is 0 Å². The minimum absolute atomic E-state index is 0.124. The Morgan fingerprint density at radius 2 is 1.39 bits per heavy atom. The predicted molar refractivity (Wildman–Crippen MR) is 145 cm³/mol. The van der Waals surface area contributed by atoms with Gasteiger partial charge in [-0.05, 0) is 49.7 Å². The fraction of sp³-hybridized carbons (Fsp3) is 0.323. The number of hydrogen-bond acceptors (Lipinski definition) is 4. The Balaban J connectivity index is 1.36. The van der Waals surface area contributed by atoms with Crippen molar-refractivity contribution in [3.8, 4) is 28.3 Å². The summed E-state index contributed by atoms with van der Waals surface area (Å²) >= 11 is 0. The summed E-state index contributed by atoms with van der Waals surface area (Å²) < 4.78 is 14.7. The molecule has 36 heavy (non-hydrogen) atoms. The van der Waals surface area contributed by atoms with Crippen LogP contribution < -0.4 is 4.74 Å². The predicted octanol–water partition coefficient (Wildman–Crippen LogP) is 6.17. The summed E-state index contributed by atoms with van der Waals surface area (Å²) in [6.45, 7) is 5.08. The van der Waals surface area contributed by atoms with Crippen LogP contribution >= 0.6 is 0 Å². The second kappa shape index (κ2) is 12.5. The van der Waals surface area contributed by atoms with Gasteiger partial charge in [-0.2, -0.15) is 5.10 Å². The van der Waals surface area contributed by atoms with Gasteiger partial charge in [0, 0.05) is 12.1 Å². The quantitative estimate of drug-likeness (QED) is 0.257. The molecule has 1 unspecified atom stereocenters. The first-order valence-electron chi connectivity index (χ1n) is 13.1. The Labute approximate surface area is 214 Å². The molecule has 5 rings (SSSR count). The topological polar surface area (TPSA) is 39.5 Å². The lowest BCUT2D eigenvalue weighted by atomic mass is 10.1. The van der Waals surface area contributed by atoms with E-state index in [1.165, 1.54) is 32.4 Å². The van der Waals surface area contributed by atoms with E-state index in [4.69, 9.17) is 14.6 Å². The molecule has 0 spiro atoms. The summed E-state index contributed by atoms with van der Waals surface area (Å²) in [5.41, 5.74) is 4.30. The zero-order chi connectivity index (χ0) is 24.4. The normalized spacial score (nSPS) is 15.0. The maximum absolute atomic E-state index is 6.45. The van der Waals surface area contributed by atoms with E-state index in [1.807, 2.05) is 42.5 Å². The minimum atomic E-state index is -0.124. The number of para-hydroxylation sites is 1. The summed E-state index contributed by atoms with van der Waals surface area (Å²) in [6, 6.07) is 32.9. The van der Waals surface area contributed by atoms with E-state index >= 15 is 0 Å². The Morgan fingerprint density at radius 1 is 0.750 bits per heavy atom. The van der Waals surface area contributed by atoms with Gasteiger partial charge >= 0.3 is 0 Å². The van der Waals surface area contributed by atoms with Crippen LogP contribution in [0.25, 0.3) is 22.5 Å². The maximum Gasteiger partial charge on any atom is 0.119 e. The van der Waals surface area contributed by atoms with Crippen LogP contribution in [-0.2, 0) is 11.3 Å². The van der Waals surface area contributed by atoms with Gasteiger partial charge in [-0.3, -0.25) is 4.68 Å². The van der Waals surface area contributed by atoms with E-state index in [9.17, 15) is 0 Å². The van der Waals surface area contributed by atoms with Gasteiger partial charge in [0.1, 0.15) is 18.5 Å². The lowest BCUT2D eigenvalue weighted by molar-refractivity contribution is -0.00298. The summed E-state index contributed by atoms with van der Waals surface area (Å²) in [4.78, 5) is 2.51. The molecule has 1 atom stereocenters. The van der Waals surface area contributed by atoms with Crippen molar-refractivity contribution in [2.75, 3.05) is 32.8 Å². The molecule has 0 aliphatic carbocycles. The standard InChI is InChI=1S/C31H35N3O2/c1-5-13-26(14-6-1)30-23-31(27-15-7-2-8-16-27)34(32-30)24-29(25-36-28-17-9-3-10-18-28)35-22-21-33-19-11-4-12-20-33/h1-3,5-10,13-18,23,29H,4,11-12,19-22,24-25H2. The van der Waals surface area contributed by atoms with Gasteiger partial charge in [-0.15, -0.1) is 0 Å². The number of likely N-dealkylation sites (tertiary alicyclic amines) is 1. The van der Waals surface area contributed by atoms with Crippen molar-refractivity contribution in [1.29, 1.82) is 0 Å². The Bertz CT molecular complexity index is 1170. The van der Waals surface area contributed by atoms with Crippen molar-refractivity contribution in [1.82, 2.24) is 14.7 Å². The molecular weight excluding hydrogens is 446 g/mol. The van der Waals surface area contributed by atoms with Crippen molar-refractivity contribution in [2.45, 2.75) is 31.9 Å². The molecule has 5 nitrogen and oxygen atoms in total. The van der Waals surface area contributed by atoms with Crippen molar-refractivity contribution in [3.05, 3.63) is 97.1 Å². The van der Waals surface area contributed by atoms with Crippen LogP contribution in [0.3, 0.4) is 0 Å². The van der Waals surface area contributed by atoms with Crippen molar-refractivity contribution >= 4 is 0 Å². The molecule has 1 aliphatic rings. The monoisotopic (exact) mass is 481 g/mol. The molecule has 1 aliphatic heterocycles. The number of aromatic nitrogens is 2. The largest absolute Gasteiger partial charge is 0.491 e. The molecule has 1 aromatic heterocycles. The third kappa shape index (κ3) is 6.62. The van der Waals surface area contributed by atoms with Crippen LogP contribution in [0.5, 0.6) is 5.75 Å². The van der Waals surface area contributed by atoms with Crippen LogP contribution in [0.1, 0.15) is 19.3 Å². The SMILES string of the molecule is c1ccc(OCC(Cn2nc(-c3ccccc3)cc2-c2ccccc2)OCCN2CCCCC2)cc1. The number of benzene rings is 3. The molecule has 1 fully saturated rings. The van der Waals surface area contributed by atoms with Gasteiger partial charge < -0.3 is 14.4 Å². The lowest BCUT2D eigenvalue weighted by Gasteiger charge is -2.27. The molecule has 2 heterocycles. The van der Waals surface area contributed by atoms with Crippen LogP contribution in [0.15, 0.2) is 97.1 Å². The molecule has 0 N–H and O–H groups in total. The molecule has 4 aromatic rings. The van der Waals surface area contributed by atoms with Crippen LogP contribution in [0.2, 0.25) is 0 Å². The van der Waals surface area contributed by atoms with Crippen molar-refractivity contribution in [2.24, 2.45) is 0 Å². The van der Waals surface area contributed by atoms with Gasteiger partial charge in [-0.25, -0.2) is 0 Å². The van der Waals surface area contributed by atoms with E-state index in [2.05, 4.69) is 64.2 Å². The second-order valence-electron chi connectivity index (χ2n) is 9.35. The third-order valence-electron chi connectivity index (χ3n) is 6.68. The van der Waals surface area contributed by atoms with E-state index in [0.29, 0.717) is 19.8 Å². The molecule has 0 saturated carbocycles. The second-order valence-corrected chi connectivity index (χ2v) is 9.35. The number of piperidine rings is 1. The van der Waals surface area contributed by atoms with E-state index < -0.39 is 0 Å². The number of rotatable bonds is 11. The average Bonchev–Trinajstić information content (AvgIpc) is 3.37. The Hall–Kier alpha value is -3.41. The van der Waals surface area contributed by atoms with Gasteiger partial charge in [0.25, 0.3) is 0 Å². The van der Waals surface area contributed by atoms with Crippen molar-refractivity contribution in [3.63, 3.8) is 0 Å². The van der Waals surface area contributed by atoms with Crippen molar-refractivity contribution < 1.29 is 9.47 Å². The number of nitrogens with zero attached hydrogens (tertiary/aromatic N) is 3. The summed E-state index contributed by atoms with van der Waals surface area (Å²) in [5, 5.41) is 5.02. The third-order valence-corrected chi connectivity index (χ3v) is 6.68. The highest BCUT2D eigenvalue weighted by Gasteiger charge is 2.19. The Morgan fingerprint density at radius 3 is 2.08 bits per heavy atom. The highest BCUT2D eigenvalue weighted by atomic mass is 16.5. The molecule has 186 valence electrons. The smallest absolute Gasteiger partial charge is 0.119 e. The molecule has 3 aromatic carbocycles. The molecule has 0 bridgehead atoms. The molecular formula is C31H35N3O2. The van der Waals surface area contributed by atoms with Crippen LogP contribution in [0, 0.1) is 0 Å². The first-order chi connectivity index (χ1) is 17.8. The van der Waals surface area contributed by atoms with Gasteiger partial charge in [-0.1, -0.05) is 85.3 Å². The fourth-order valence-electron chi connectivity index (χ4n) is 4.73. The molecule has 5 heteroatoms. The number of ether oxygens (including phenoxy) is 2. The number of hydrogen-bond donors (Lipinski definition) is 0. The summed E-state index contributed by atoms with van der Waals surface area (Å²) in [7, 11) is 0.